The summed E-state index contributed by atoms with van der Waals surface area (Å²) in [7, 11) is 0.136. The molecular formula is C13H29N2O4P. The Bertz CT molecular complexity index is 269. The van der Waals surface area contributed by atoms with Crippen LogP contribution in [0.25, 0.3) is 0 Å². The highest BCUT2D eigenvalue weighted by molar-refractivity contribution is 7.44. The number of amides is 1. The molecule has 0 aromatic heterocycles. The minimum atomic E-state index is -1.41. The Morgan fingerprint density at radius 1 is 1.20 bits per heavy atom. The minimum Gasteiger partial charge on any atom is -0.463 e. The van der Waals surface area contributed by atoms with E-state index in [1.54, 1.807) is 7.11 Å². The molecule has 1 N–H and O–H groups in total. The monoisotopic (exact) mass is 308 g/mol. The molecule has 0 saturated carbocycles. The van der Waals surface area contributed by atoms with Crippen molar-refractivity contribution in [3.63, 3.8) is 0 Å². The third kappa shape index (κ3) is 6.84. The number of rotatable bonds is 10. The van der Waals surface area contributed by atoms with Gasteiger partial charge in [-0.05, 0) is 34.1 Å². The summed E-state index contributed by atoms with van der Waals surface area (Å²) in [5, 5.41) is 10.2. The van der Waals surface area contributed by atoms with Crippen LogP contribution >= 0.6 is 8.53 Å². The second-order valence-corrected chi connectivity index (χ2v) is 6.63. The smallest absolute Gasteiger partial charge is 0.431 e. The van der Waals surface area contributed by atoms with Gasteiger partial charge in [0, 0.05) is 19.2 Å². The molecule has 0 heterocycles. The maximum absolute atomic E-state index is 11.2. The molecule has 0 bridgehead atoms. The number of carbonyl (C=O) groups is 1. The molecule has 6 nitrogen and oxygen atoms in total. The lowest BCUT2D eigenvalue weighted by Gasteiger charge is -2.36. The van der Waals surface area contributed by atoms with E-state index in [0.29, 0.717) is 6.54 Å². The summed E-state index contributed by atoms with van der Waals surface area (Å²) in [4.78, 5) is 11.2. The number of nitrogens with zero attached hydrogens (tertiary/aromatic N) is 2. The first kappa shape index (κ1) is 19.6. The van der Waals surface area contributed by atoms with E-state index in [9.17, 15) is 9.90 Å². The Morgan fingerprint density at radius 2 is 1.75 bits per heavy atom. The largest absolute Gasteiger partial charge is 0.463 e. The average Bonchev–Trinajstić information content (AvgIpc) is 2.35. The zero-order valence-corrected chi connectivity index (χ0v) is 14.4. The molecule has 20 heavy (non-hydrogen) atoms. The molecule has 0 aromatic rings. The molecule has 1 amide bonds. The zero-order chi connectivity index (χ0) is 15.7. The fourth-order valence-corrected chi connectivity index (χ4v) is 3.32. The molecule has 0 fully saturated rings. The predicted octanol–water partition coefficient (Wildman–Crippen LogP) is 4.08. The summed E-state index contributed by atoms with van der Waals surface area (Å²) in [6, 6.07) is 0.430. The van der Waals surface area contributed by atoms with E-state index in [1.807, 2.05) is 32.4 Å². The molecule has 0 rings (SSSR count). The van der Waals surface area contributed by atoms with Crippen molar-refractivity contribution >= 4 is 14.6 Å². The van der Waals surface area contributed by atoms with Crippen molar-refractivity contribution in [2.45, 2.75) is 66.0 Å². The molecule has 0 radical (unpaired) electrons. The highest BCUT2D eigenvalue weighted by atomic mass is 31.2. The Balaban J connectivity index is 4.72. The first-order valence-corrected chi connectivity index (χ1v) is 8.29. The van der Waals surface area contributed by atoms with Crippen molar-refractivity contribution in [2.75, 3.05) is 13.7 Å². The van der Waals surface area contributed by atoms with Gasteiger partial charge in [0.15, 0.2) is 0 Å². The molecule has 0 aliphatic carbocycles. The van der Waals surface area contributed by atoms with Gasteiger partial charge in [0.25, 0.3) is 8.53 Å². The molecule has 0 saturated heterocycles. The van der Waals surface area contributed by atoms with Crippen LogP contribution in [0.1, 0.15) is 53.9 Å². The lowest BCUT2D eigenvalue weighted by Crippen LogP contribution is -2.37. The Labute approximate surface area is 124 Å². The van der Waals surface area contributed by atoms with Gasteiger partial charge in [-0.25, -0.2) is 9.46 Å². The van der Waals surface area contributed by atoms with Crippen LogP contribution < -0.4 is 0 Å². The van der Waals surface area contributed by atoms with Crippen LogP contribution in [0.2, 0.25) is 0 Å². The molecule has 0 spiro atoms. The summed E-state index contributed by atoms with van der Waals surface area (Å²) in [5.74, 6) is 0. The summed E-state index contributed by atoms with van der Waals surface area (Å²) >= 11 is 0. The SMILES string of the molecule is CCCCCN(OP(OC)N(C(C)C)C(C)C)C(=O)O. The first-order chi connectivity index (χ1) is 9.34. The summed E-state index contributed by atoms with van der Waals surface area (Å²) in [6.07, 6.45) is 1.74. The van der Waals surface area contributed by atoms with Crippen molar-refractivity contribution in [3.05, 3.63) is 0 Å². The van der Waals surface area contributed by atoms with Gasteiger partial charge in [0.2, 0.25) is 0 Å². The summed E-state index contributed by atoms with van der Waals surface area (Å²) in [6.45, 7) is 10.6. The Kier molecular flexibility index (Phi) is 10.1. The second kappa shape index (κ2) is 10.3. The lowest BCUT2D eigenvalue weighted by atomic mass is 10.2. The fourth-order valence-electron chi connectivity index (χ4n) is 1.90. The van der Waals surface area contributed by atoms with Crippen LogP contribution in [0.5, 0.6) is 0 Å². The highest BCUT2D eigenvalue weighted by Gasteiger charge is 2.30. The van der Waals surface area contributed by atoms with Crippen LogP contribution in [0.4, 0.5) is 4.79 Å². The number of hydrogen-bond donors (Lipinski definition) is 1. The van der Waals surface area contributed by atoms with E-state index in [4.69, 9.17) is 9.15 Å². The minimum absolute atomic E-state index is 0.215. The van der Waals surface area contributed by atoms with Gasteiger partial charge < -0.3 is 9.63 Å². The lowest BCUT2D eigenvalue weighted by molar-refractivity contribution is -0.0476. The Hall–Kier alpha value is -0.420. The predicted molar refractivity (Wildman–Crippen MR) is 81.4 cm³/mol. The van der Waals surface area contributed by atoms with E-state index < -0.39 is 14.6 Å². The maximum atomic E-state index is 11.2. The molecule has 1 atom stereocenters. The zero-order valence-electron chi connectivity index (χ0n) is 13.5. The molecule has 1 unspecified atom stereocenters. The van der Waals surface area contributed by atoms with Crippen molar-refractivity contribution in [1.29, 1.82) is 0 Å². The van der Waals surface area contributed by atoms with Gasteiger partial charge in [-0.2, -0.15) is 9.69 Å². The summed E-state index contributed by atoms with van der Waals surface area (Å²) in [5.41, 5.74) is 0. The van der Waals surface area contributed by atoms with Crippen molar-refractivity contribution in [1.82, 2.24) is 9.73 Å². The van der Waals surface area contributed by atoms with Crippen LogP contribution in [0, 0.1) is 0 Å². The van der Waals surface area contributed by atoms with Gasteiger partial charge in [-0.15, -0.1) is 0 Å². The maximum Gasteiger partial charge on any atom is 0.431 e. The van der Waals surface area contributed by atoms with Crippen molar-refractivity contribution < 1.29 is 19.0 Å². The number of hydroxylamine groups is 2. The second-order valence-electron chi connectivity index (χ2n) is 5.16. The number of hydrogen-bond acceptors (Lipinski definition) is 4. The standard InChI is InChI=1S/C13H29N2O4P/c1-7-8-9-10-14(13(16)17)19-20(18-6)15(11(2)3)12(4)5/h11-12H,7-10H2,1-6H3,(H,16,17). The van der Waals surface area contributed by atoms with E-state index in [2.05, 4.69) is 6.92 Å². The van der Waals surface area contributed by atoms with E-state index >= 15 is 0 Å². The van der Waals surface area contributed by atoms with Gasteiger partial charge >= 0.3 is 6.09 Å². The Morgan fingerprint density at radius 3 is 2.10 bits per heavy atom. The number of unbranched alkanes of at least 4 members (excludes halogenated alkanes) is 2. The van der Waals surface area contributed by atoms with Crippen molar-refractivity contribution in [3.8, 4) is 0 Å². The van der Waals surface area contributed by atoms with E-state index in [1.165, 1.54) is 0 Å². The molecule has 0 aliphatic rings. The van der Waals surface area contributed by atoms with Crippen LogP contribution in [-0.2, 0) is 9.15 Å². The van der Waals surface area contributed by atoms with Gasteiger partial charge in [0.1, 0.15) is 0 Å². The quantitative estimate of drug-likeness (QED) is 0.374. The van der Waals surface area contributed by atoms with Gasteiger partial charge in [0.05, 0.1) is 6.54 Å². The normalized spacial score (nSPS) is 13.2. The summed E-state index contributed by atoms with van der Waals surface area (Å²) < 4.78 is 13.0. The molecule has 7 heteroatoms. The third-order valence-corrected chi connectivity index (χ3v) is 4.70. The van der Waals surface area contributed by atoms with Crippen LogP contribution in [-0.4, -0.2) is 46.7 Å². The fraction of sp³-hybridized carbons (Fsp3) is 0.923. The number of carboxylic acid groups (broad SMARTS) is 1. The van der Waals surface area contributed by atoms with E-state index in [0.717, 1.165) is 24.3 Å². The first-order valence-electron chi connectivity index (χ1n) is 7.16. The van der Waals surface area contributed by atoms with Gasteiger partial charge in [-0.3, -0.25) is 0 Å². The average molecular weight is 308 g/mol. The van der Waals surface area contributed by atoms with Crippen LogP contribution in [0.3, 0.4) is 0 Å². The molecular weight excluding hydrogens is 279 g/mol. The molecule has 0 aromatic carbocycles. The van der Waals surface area contributed by atoms with Crippen molar-refractivity contribution in [2.24, 2.45) is 0 Å². The van der Waals surface area contributed by atoms with Crippen LogP contribution in [0.15, 0.2) is 0 Å². The highest BCUT2D eigenvalue weighted by Crippen LogP contribution is 2.45. The molecule has 120 valence electrons. The van der Waals surface area contributed by atoms with Gasteiger partial charge in [-0.1, -0.05) is 19.8 Å². The van der Waals surface area contributed by atoms with E-state index in [-0.39, 0.29) is 12.1 Å². The molecule has 0 aliphatic heterocycles. The topological polar surface area (TPSA) is 62.2 Å². The third-order valence-electron chi connectivity index (χ3n) is 2.75.